The van der Waals surface area contributed by atoms with E-state index < -0.39 is 0 Å². The summed E-state index contributed by atoms with van der Waals surface area (Å²) in [7, 11) is 0. The van der Waals surface area contributed by atoms with Crippen molar-refractivity contribution in [3.05, 3.63) is 22.7 Å². The lowest BCUT2D eigenvalue weighted by Gasteiger charge is -2.08. The Balaban J connectivity index is 2.00. The van der Waals surface area contributed by atoms with Gasteiger partial charge < -0.3 is 10.5 Å². The van der Waals surface area contributed by atoms with Crippen LogP contribution in [0.5, 0.6) is 0 Å². The third-order valence-corrected chi connectivity index (χ3v) is 3.74. The van der Waals surface area contributed by atoms with E-state index in [0.29, 0.717) is 30.6 Å². The molecule has 0 aliphatic carbocycles. The van der Waals surface area contributed by atoms with E-state index in [0.717, 1.165) is 23.1 Å². The number of nitrogen functional groups attached to an aromatic ring is 1. The monoisotopic (exact) mass is 353 g/mol. The highest BCUT2D eigenvalue weighted by Gasteiger charge is 2.12. The maximum atomic E-state index is 5.83. The van der Waals surface area contributed by atoms with Crippen molar-refractivity contribution in [3.63, 3.8) is 0 Å². The molecule has 1 heterocycles. The highest BCUT2D eigenvalue weighted by molar-refractivity contribution is 9.10. The lowest BCUT2D eigenvalue weighted by atomic mass is 10.1. The molecule has 0 unspecified atom stereocenters. The zero-order valence-electron chi connectivity index (χ0n) is 12.3. The van der Waals surface area contributed by atoms with E-state index in [9.17, 15) is 0 Å². The molecule has 2 aromatic rings. The topological polar surface area (TPSA) is 78.8 Å². The van der Waals surface area contributed by atoms with E-state index in [-0.39, 0.29) is 0 Å². The van der Waals surface area contributed by atoms with Gasteiger partial charge in [0.1, 0.15) is 0 Å². The number of anilines is 1. The smallest absolute Gasteiger partial charge is 0.183 e. The molecule has 0 amide bonds. The fourth-order valence-corrected chi connectivity index (χ4v) is 2.26. The van der Waals surface area contributed by atoms with Crippen molar-refractivity contribution in [3.8, 4) is 11.4 Å². The van der Waals surface area contributed by atoms with Crippen molar-refractivity contribution >= 4 is 21.6 Å². The fraction of sp³-hybridized carbons (Fsp3) is 0.500. The quantitative estimate of drug-likeness (QED) is 0.611. The van der Waals surface area contributed by atoms with Crippen LogP contribution >= 0.6 is 15.9 Å². The summed E-state index contributed by atoms with van der Waals surface area (Å²) in [4.78, 5) is 0. The number of halogens is 1. The van der Waals surface area contributed by atoms with Crippen LogP contribution in [-0.2, 0) is 11.3 Å². The maximum Gasteiger partial charge on any atom is 0.183 e. The molecule has 114 valence electrons. The van der Waals surface area contributed by atoms with Crippen LogP contribution in [0, 0.1) is 5.92 Å². The molecule has 1 aromatic carbocycles. The Morgan fingerprint density at radius 3 is 2.90 bits per heavy atom. The normalized spacial score (nSPS) is 11.2. The van der Waals surface area contributed by atoms with E-state index >= 15 is 0 Å². The fourth-order valence-electron chi connectivity index (χ4n) is 1.83. The van der Waals surface area contributed by atoms with Gasteiger partial charge in [-0.25, -0.2) is 4.68 Å². The number of nitrogens with zero attached hydrogens (tertiary/aromatic N) is 4. The molecule has 0 bridgehead atoms. The van der Waals surface area contributed by atoms with Crippen LogP contribution in [0.3, 0.4) is 0 Å². The summed E-state index contributed by atoms with van der Waals surface area (Å²) in [6.07, 6.45) is 1.06. The van der Waals surface area contributed by atoms with Crippen molar-refractivity contribution < 1.29 is 4.74 Å². The summed E-state index contributed by atoms with van der Waals surface area (Å²) >= 11 is 3.50. The summed E-state index contributed by atoms with van der Waals surface area (Å²) in [5.41, 5.74) is 7.38. The molecule has 1 aromatic heterocycles. The molecule has 0 aliphatic heterocycles. The van der Waals surface area contributed by atoms with Gasteiger partial charge in [0.15, 0.2) is 5.82 Å². The predicted molar refractivity (Wildman–Crippen MR) is 85.6 cm³/mol. The van der Waals surface area contributed by atoms with Crippen LogP contribution in [0.1, 0.15) is 20.3 Å². The first-order chi connectivity index (χ1) is 10.1. The lowest BCUT2D eigenvalue weighted by Crippen LogP contribution is -2.10. The zero-order valence-corrected chi connectivity index (χ0v) is 13.9. The molecule has 0 saturated carbocycles. The van der Waals surface area contributed by atoms with Crippen molar-refractivity contribution in [1.29, 1.82) is 0 Å². The van der Waals surface area contributed by atoms with Crippen molar-refractivity contribution in [1.82, 2.24) is 20.2 Å². The zero-order chi connectivity index (χ0) is 15.2. The molecule has 0 radical (unpaired) electrons. The number of benzene rings is 1. The summed E-state index contributed by atoms with van der Waals surface area (Å²) in [6, 6.07) is 5.57. The second-order valence-electron chi connectivity index (χ2n) is 5.26. The van der Waals surface area contributed by atoms with Crippen LogP contribution in [-0.4, -0.2) is 33.4 Å². The molecule has 0 fully saturated rings. The number of aromatic nitrogens is 4. The first-order valence-corrected chi connectivity index (χ1v) is 7.76. The number of rotatable bonds is 7. The van der Waals surface area contributed by atoms with Crippen LogP contribution in [0.15, 0.2) is 22.7 Å². The molecule has 0 spiro atoms. The van der Waals surface area contributed by atoms with E-state index in [1.54, 1.807) is 4.68 Å². The molecular weight excluding hydrogens is 334 g/mol. The minimum atomic E-state index is 0.588. The number of hydrogen-bond acceptors (Lipinski definition) is 5. The molecule has 21 heavy (non-hydrogen) atoms. The van der Waals surface area contributed by atoms with Gasteiger partial charge in [-0.2, -0.15) is 0 Å². The van der Waals surface area contributed by atoms with E-state index in [4.69, 9.17) is 10.5 Å². The largest absolute Gasteiger partial charge is 0.399 e. The molecule has 2 N–H and O–H groups in total. The Hall–Kier alpha value is -1.47. The van der Waals surface area contributed by atoms with E-state index in [2.05, 4.69) is 45.3 Å². The molecule has 0 aliphatic rings. The number of tetrazole rings is 1. The van der Waals surface area contributed by atoms with Crippen LogP contribution in [0.4, 0.5) is 5.69 Å². The van der Waals surface area contributed by atoms with Gasteiger partial charge in [0, 0.05) is 22.3 Å². The Morgan fingerprint density at radius 1 is 1.33 bits per heavy atom. The van der Waals surface area contributed by atoms with Crippen molar-refractivity contribution in [2.45, 2.75) is 26.8 Å². The van der Waals surface area contributed by atoms with Crippen molar-refractivity contribution in [2.24, 2.45) is 5.92 Å². The number of hydrogen-bond donors (Lipinski definition) is 1. The lowest BCUT2D eigenvalue weighted by molar-refractivity contribution is 0.114. The van der Waals surface area contributed by atoms with Gasteiger partial charge >= 0.3 is 0 Å². The molecule has 0 saturated heterocycles. The third kappa shape index (κ3) is 4.50. The molecule has 7 heteroatoms. The average Bonchev–Trinajstić information content (AvgIpc) is 2.89. The minimum Gasteiger partial charge on any atom is -0.399 e. The number of nitrogens with two attached hydrogens (primary N) is 1. The van der Waals surface area contributed by atoms with E-state index in [1.165, 1.54) is 0 Å². The predicted octanol–water partition coefficient (Wildman–Crippen LogP) is 2.75. The van der Waals surface area contributed by atoms with E-state index in [1.807, 2.05) is 18.2 Å². The van der Waals surface area contributed by atoms with Gasteiger partial charge in [-0.05, 0) is 41.0 Å². The van der Waals surface area contributed by atoms with Crippen LogP contribution in [0.2, 0.25) is 0 Å². The van der Waals surface area contributed by atoms with Crippen molar-refractivity contribution in [2.75, 3.05) is 18.9 Å². The van der Waals surface area contributed by atoms with Gasteiger partial charge in [-0.15, -0.1) is 5.10 Å². The maximum absolute atomic E-state index is 5.83. The highest BCUT2D eigenvalue weighted by atomic mass is 79.9. The first-order valence-electron chi connectivity index (χ1n) is 6.97. The number of ether oxygens (including phenoxy) is 1. The standard InChI is InChI=1S/C14H20BrN5O/c1-10(2)5-7-21-8-6-20-14(17-18-19-20)12-9-11(16)3-4-13(12)15/h3-4,9-10H,5-8,16H2,1-2H3. The summed E-state index contributed by atoms with van der Waals surface area (Å²) in [6.45, 7) is 6.32. The molecule has 0 atom stereocenters. The summed E-state index contributed by atoms with van der Waals surface area (Å²) < 4.78 is 8.25. The first kappa shape index (κ1) is 15.9. The SMILES string of the molecule is CC(C)CCOCCn1nnnc1-c1cc(N)ccc1Br. The second kappa shape index (κ2) is 7.51. The Morgan fingerprint density at radius 2 is 2.14 bits per heavy atom. The minimum absolute atomic E-state index is 0.588. The summed E-state index contributed by atoms with van der Waals surface area (Å²) in [5, 5.41) is 11.8. The molecule has 2 rings (SSSR count). The van der Waals surface area contributed by atoms with Gasteiger partial charge in [-0.3, -0.25) is 0 Å². The van der Waals surface area contributed by atoms with Crippen LogP contribution in [0.25, 0.3) is 11.4 Å². The van der Waals surface area contributed by atoms with Gasteiger partial charge in [0.2, 0.25) is 0 Å². The average molecular weight is 354 g/mol. The Bertz CT molecular complexity index is 584. The molecule has 6 nitrogen and oxygen atoms in total. The Labute approximate surface area is 132 Å². The van der Waals surface area contributed by atoms with Gasteiger partial charge in [0.25, 0.3) is 0 Å². The summed E-state index contributed by atoms with van der Waals surface area (Å²) in [5.74, 6) is 1.33. The third-order valence-electron chi connectivity index (χ3n) is 3.05. The highest BCUT2D eigenvalue weighted by Crippen LogP contribution is 2.28. The Kier molecular flexibility index (Phi) is 5.69. The van der Waals surface area contributed by atoms with Gasteiger partial charge in [0.05, 0.1) is 13.2 Å². The second-order valence-corrected chi connectivity index (χ2v) is 6.11. The van der Waals surface area contributed by atoms with Crippen LogP contribution < -0.4 is 5.73 Å². The van der Waals surface area contributed by atoms with Gasteiger partial charge in [-0.1, -0.05) is 29.8 Å². The molecular formula is C14H20BrN5O.